The van der Waals surface area contributed by atoms with Gasteiger partial charge in [-0.2, -0.15) is 5.10 Å². The van der Waals surface area contributed by atoms with Gasteiger partial charge in [-0.1, -0.05) is 0 Å². The summed E-state index contributed by atoms with van der Waals surface area (Å²) in [7, 11) is 0. The highest BCUT2D eigenvalue weighted by Crippen LogP contribution is 2.11. The van der Waals surface area contributed by atoms with Gasteiger partial charge in [-0.15, -0.1) is 0 Å². The predicted molar refractivity (Wildman–Crippen MR) is 75.9 cm³/mol. The predicted octanol–water partition coefficient (Wildman–Crippen LogP) is 1.96. The Morgan fingerprint density at radius 1 is 1.35 bits per heavy atom. The van der Waals surface area contributed by atoms with Crippen molar-refractivity contribution in [2.75, 3.05) is 11.9 Å². The number of hydrogen-bond acceptors (Lipinski definition) is 3. The average Bonchev–Trinajstić information content (AvgIpc) is 2.81. The molecule has 0 fully saturated rings. The van der Waals surface area contributed by atoms with Gasteiger partial charge in [-0.3, -0.25) is 4.68 Å². The van der Waals surface area contributed by atoms with Crippen molar-refractivity contribution in [1.82, 2.24) is 9.78 Å². The molecule has 2 aromatic rings. The summed E-state index contributed by atoms with van der Waals surface area (Å²) in [5.74, 6) is 0. The molecule has 5 heteroatoms. The summed E-state index contributed by atoms with van der Waals surface area (Å²) in [5.41, 5.74) is 1.02. The number of rotatable bonds is 5. The average molecular weight is 343 g/mol. The molecule has 90 valence electrons. The minimum atomic E-state index is -0.450. The number of aromatic nitrogens is 2. The molecule has 1 heterocycles. The zero-order valence-corrected chi connectivity index (χ0v) is 11.4. The van der Waals surface area contributed by atoms with Crippen LogP contribution in [0.3, 0.4) is 0 Å². The molecule has 2 rings (SSSR count). The molecular formula is C12H14IN3O. The number of nitrogens with zero attached hydrogens (tertiary/aromatic N) is 2. The molecule has 0 aliphatic rings. The van der Waals surface area contributed by atoms with E-state index in [-0.39, 0.29) is 0 Å². The van der Waals surface area contributed by atoms with Crippen LogP contribution < -0.4 is 5.32 Å². The van der Waals surface area contributed by atoms with E-state index in [2.05, 4.69) is 33.0 Å². The molecule has 0 spiro atoms. The maximum Gasteiger partial charge on any atom is 0.0907 e. The highest BCUT2D eigenvalue weighted by atomic mass is 127. The van der Waals surface area contributed by atoms with Crippen molar-refractivity contribution >= 4 is 28.3 Å². The van der Waals surface area contributed by atoms with Gasteiger partial charge in [0.1, 0.15) is 0 Å². The van der Waals surface area contributed by atoms with Crippen molar-refractivity contribution in [3.8, 4) is 0 Å². The van der Waals surface area contributed by atoms with Crippen LogP contribution in [0.4, 0.5) is 5.69 Å². The SMILES string of the molecule is OC(CNc1ccc(I)cc1)Cn1cccn1. The van der Waals surface area contributed by atoms with E-state index >= 15 is 0 Å². The van der Waals surface area contributed by atoms with Gasteiger partial charge in [-0.05, 0) is 52.9 Å². The first-order valence-electron chi connectivity index (χ1n) is 5.39. The van der Waals surface area contributed by atoms with Crippen molar-refractivity contribution in [3.63, 3.8) is 0 Å². The van der Waals surface area contributed by atoms with Crippen LogP contribution in [0.2, 0.25) is 0 Å². The third kappa shape index (κ3) is 4.01. The summed E-state index contributed by atoms with van der Waals surface area (Å²) in [6, 6.07) is 9.91. The normalized spacial score (nSPS) is 12.4. The lowest BCUT2D eigenvalue weighted by Gasteiger charge is -2.12. The standard InChI is InChI=1S/C12H14IN3O/c13-10-2-4-11(5-3-10)14-8-12(17)9-16-7-1-6-15-16/h1-7,12,14,17H,8-9H2. The molecular weight excluding hydrogens is 329 g/mol. The lowest BCUT2D eigenvalue weighted by Crippen LogP contribution is -2.25. The minimum Gasteiger partial charge on any atom is -0.389 e. The summed E-state index contributed by atoms with van der Waals surface area (Å²) < 4.78 is 2.92. The van der Waals surface area contributed by atoms with Crippen LogP contribution in [-0.4, -0.2) is 27.5 Å². The summed E-state index contributed by atoms with van der Waals surface area (Å²) in [6.07, 6.45) is 3.10. The Balaban J connectivity index is 1.79. The molecule has 4 nitrogen and oxygen atoms in total. The smallest absolute Gasteiger partial charge is 0.0907 e. The summed E-state index contributed by atoms with van der Waals surface area (Å²) in [4.78, 5) is 0. The molecule has 0 amide bonds. The van der Waals surface area contributed by atoms with Crippen LogP contribution in [-0.2, 0) is 6.54 Å². The van der Waals surface area contributed by atoms with Crippen molar-refractivity contribution < 1.29 is 5.11 Å². The van der Waals surface area contributed by atoms with Gasteiger partial charge in [0.15, 0.2) is 0 Å². The van der Waals surface area contributed by atoms with E-state index in [1.807, 2.05) is 36.5 Å². The van der Waals surface area contributed by atoms with Crippen LogP contribution in [0.25, 0.3) is 0 Å². The number of aliphatic hydroxyl groups excluding tert-OH is 1. The van der Waals surface area contributed by atoms with Crippen LogP contribution in [0.1, 0.15) is 0 Å². The Morgan fingerprint density at radius 3 is 2.76 bits per heavy atom. The number of halogens is 1. The molecule has 2 N–H and O–H groups in total. The molecule has 1 aromatic carbocycles. The van der Waals surface area contributed by atoms with Crippen molar-refractivity contribution in [3.05, 3.63) is 46.3 Å². The van der Waals surface area contributed by atoms with E-state index in [0.717, 1.165) is 5.69 Å². The lowest BCUT2D eigenvalue weighted by atomic mass is 10.3. The second kappa shape index (κ2) is 6.02. The number of benzene rings is 1. The van der Waals surface area contributed by atoms with E-state index in [9.17, 15) is 5.11 Å². The Labute approximate surface area is 114 Å². The second-order valence-electron chi connectivity index (χ2n) is 3.77. The molecule has 1 aromatic heterocycles. The second-order valence-corrected chi connectivity index (χ2v) is 5.02. The van der Waals surface area contributed by atoms with Crippen molar-refractivity contribution in [1.29, 1.82) is 0 Å². The minimum absolute atomic E-state index is 0.450. The lowest BCUT2D eigenvalue weighted by molar-refractivity contribution is 0.161. The third-order valence-electron chi connectivity index (χ3n) is 2.34. The van der Waals surface area contributed by atoms with E-state index < -0.39 is 6.10 Å². The van der Waals surface area contributed by atoms with Crippen molar-refractivity contribution in [2.45, 2.75) is 12.6 Å². The maximum absolute atomic E-state index is 9.81. The quantitative estimate of drug-likeness (QED) is 0.816. The Bertz CT molecular complexity index is 441. The fraction of sp³-hybridized carbons (Fsp3) is 0.250. The van der Waals surface area contributed by atoms with Crippen molar-refractivity contribution in [2.24, 2.45) is 0 Å². The molecule has 0 aliphatic carbocycles. The Hall–Kier alpha value is -1.08. The largest absolute Gasteiger partial charge is 0.389 e. The van der Waals surface area contributed by atoms with Crippen LogP contribution in [0.15, 0.2) is 42.7 Å². The van der Waals surface area contributed by atoms with E-state index in [1.165, 1.54) is 3.57 Å². The highest BCUT2D eigenvalue weighted by molar-refractivity contribution is 14.1. The fourth-order valence-electron chi connectivity index (χ4n) is 1.49. The van der Waals surface area contributed by atoms with Gasteiger partial charge in [-0.25, -0.2) is 0 Å². The number of nitrogens with one attached hydrogen (secondary N) is 1. The summed E-state index contributed by atoms with van der Waals surface area (Å²) >= 11 is 2.26. The molecule has 0 radical (unpaired) electrons. The monoisotopic (exact) mass is 343 g/mol. The first kappa shape index (κ1) is 12.4. The molecule has 0 saturated carbocycles. The topological polar surface area (TPSA) is 50.1 Å². The first-order chi connectivity index (χ1) is 8.24. The maximum atomic E-state index is 9.81. The van der Waals surface area contributed by atoms with Crippen LogP contribution >= 0.6 is 22.6 Å². The van der Waals surface area contributed by atoms with E-state index in [0.29, 0.717) is 13.1 Å². The van der Waals surface area contributed by atoms with Gasteiger partial charge in [0, 0.05) is 28.2 Å². The molecule has 1 atom stereocenters. The van der Waals surface area contributed by atoms with Gasteiger partial charge < -0.3 is 10.4 Å². The first-order valence-corrected chi connectivity index (χ1v) is 6.47. The fourth-order valence-corrected chi connectivity index (χ4v) is 1.85. The van der Waals surface area contributed by atoms with Gasteiger partial charge in [0.2, 0.25) is 0 Å². The molecule has 0 aliphatic heterocycles. The zero-order chi connectivity index (χ0) is 12.1. The van der Waals surface area contributed by atoms with E-state index in [4.69, 9.17) is 0 Å². The number of hydrogen-bond donors (Lipinski definition) is 2. The number of aliphatic hydroxyl groups is 1. The van der Waals surface area contributed by atoms with Crippen LogP contribution in [0.5, 0.6) is 0 Å². The van der Waals surface area contributed by atoms with Gasteiger partial charge >= 0.3 is 0 Å². The summed E-state index contributed by atoms with van der Waals surface area (Å²) in [6.45, 7) is 1.02. The Morgan fingerprint density at radius 2 is 2.12 bits per heavy atom. The van der Waals surface area contributed by atoms with E-state index in [1.54, 1.807) is 10.9 Å². The number of anilines is 1. The van der Waals surface area contributed by atoms with Gasteiger partial charge in [0.05, 0.1) is 12.6 Å². The molecule has 0 bridgehead atoms. The Kier molecular flexibility index (Phi) is 4.38. The van der Waals surface area contributed by atoms with Crippen LogP contribution in [0, 0.1) is 3.57 Å². The molecule has 1 unspecified atom stereocenters. The molecule has 0 saturated heterocycles. The highest BCUT2D eigenvalue weighted by Gasteiger charge is 2.04. The molecule has 17 heavy (non-hydrogen) atoms. The third-order valence-corrected chi connectivity index (χ3v) is 3.06. The summed E-state index contributed by atoms with van der Waals surface area (Å²) in [5, 5.41) is 17.1. The zero-order valence-electron chi connectivity index (χ0n) is 9.25. The van der Waals surface area contributed by atoms with Gasteiger partial charge in [0.25, 0.3) is 0 Å².